The topological polar surface area (TPSA) is 93.0 Å². The molecule has 5 atom stereocenters. The highest BCUT2D eigenvalue weighted by atomic mass is 16.4. The number of nitrogens with one attached hydrogen (secondary N) is 1. The highest BCUT2D eigenvalue weighted by Gasteiger charge is 2.54. The molecule has 2 rings (SSSR count). The molecule has 0 aliphatic carbocycles. The molecule has 0 aromatic rings. The van der Waals surface area contributed by atoms with Crippen LogP contribution in [0, 0.1) is 0 Å². The Kier molecular flexibility index (Phi) is 1.68. The van der Waals surface area contributed by atoms with Crippen LogP contribution in [0.15, 0.2) is 0 Å². The second-order valence-corrected chi connectivity index (χ2v) is 3.69. The number of aliphatic hydroxyl groups is 4. The molecule has 5 heteroatoms. The molecule has 0 saturated carbocycles. The van der Waals surface area contributed by atoms with Crippen LogP contribution in [0.1, 0.15) is 12.8 Å². The van der Waals surface area contributed by atoms with Crippen molar-refractivity contribution in [3.63, 3.8) is 0 Å². The summed E-state index contributed by atoms with van der Waals surface area (Å²) in [6, 6.07) is -0.298. The molecule has 0 radical (unpaired) electrons. The minimum Gasteiger partial charge on any atom is -0.391 e. The Labute approximate surface area is 69.6 Å². The van der Waals surface area contributed by atoms with Gasteiger partial charge in [0.2, 0.25) is 0 Å². The molecule has 0 aromatic heterocycles. The van der Waals surface area contributed by atoms with E-state index in [0.717, 1.165) is 0 Å². The molecule has 0 unspecified atom stereocenters. The third kappa shape index (κ3) is 0.982. The van der Waals surface area contributed by atoms with Gasteiger partial charge in [-0.1, -0.05) is 0 Å². The van der Waals surface area contributed by atoms with Crippen molar-refractivity contribution in [1.29, 1.82) is 0 Å². The molecule has 2 saturated heterocycles. The van der Waals surface area contributed by atoms with Gasteiger partial charge in [-0.25, -0.2) is 0 Å². The van der Waals surface area contributed by atoms with Gasteiger partial charge in [0.25, 0.3) is 0 Å². The van der Waals surface area contributed by atoms with E-state index in [-0.39, 0.29) is 18.9 Å². The first-order valence-corrected chi connectivity index (χ1v) is 4.07. The molecule has 70 valence electrons. The maximum atomic E-state index is 9.65. The molecule has 2 aliphatic rings. The molecule has 2 fully saturated rings. The summed E-state index contributed by atoms with van der Waals surface area (Å²) in [5, 5.41) is 40.3. The Bertz CT molecular complexity index is 196. The zero-order valence-electron chi connectivity index (χ0n) is 6.51. The Morgan fingerprint density at radius 3 is 2.50 bits per heavy atom. The summed E-state index contributed by atoms with van der Waals surface area (Å²) < 4.78 is 0. The molecule has 2 heterocycles. The maximum Gasteiger partial charge on any atom is 0.147 e. The van der Waals surface area contributed by atoms with Crippen molar-refractivity contribution in [3.05, 3.63) is 0 Å². The first-order chi connectivity index (χ1) is 5.53. The van der Waals surface area contributed by atoms with E-state index < -0.39 is 24.0 Å². The van der Waals surface area contributed by atoms with E-state index in [1.807, 2.05) is 0 Å². The largest absolute Gasteiger partial charge is 0.391 e. The minimum absolute atomic E-state index is 0.0793. The highest BCUT2D eigenvalue weighted by molar-refractivity contribution is 5.07. The lowest BCUT2D eigenvalue weighted by molar-refractivity contribution is -0.153. The van der Waals surface area contributed by atoms with Gasteiger partial charge in [-0.2, -0.15) is 0 Å². The standard InChI is InChI=1S/C7H13NO4/c9-4-1-3-5(10)2-7(12,8-3)6(4)11/h3-6,8-12H,1-2H2/t3-,4+,5+,6-,7-/m1/s1. The molecule has 2 aliphatic heterocycles. The van der Waals surface area contributed by atoms with E-state index in [0.29, 0.717) is 0 Å². The van der Waals surface area contributed by atoms with Crippen LogP contribution < -0.4 is 5.32 Å². The van der Waals surface area contributed by atoms with Crippen molar-refractivity contribution < 1.29 is 20.4 Å². The smallest absolute Gasteiger partial charge is 0.147 e. The van der Waals surface area contributed by atoms with Crippen LogP contribution in [-0.4, -0.2) is 50.5 Å². The van der Waals surface area contributed by atoms with Gasteiger partial charge in [0.05, 0.1) is 12.2 Å². The van der Waals surface area contributed by atoms with Crippen molar-refractivity contribution in [1.82, 2.24) is 5.32 Å². The maximum absolute atomic E-state index is 9.65. The summed E-state index contributed by atoms with van der Waals surface area (Å²) >= 11 is 0. The fourth-order valence-corrected chi connectivity index (χ4v) is 2.07. The third-order valence-corrected chi connectivity index (χ3v) is 2.77. The van der Waals surface area contributed by atoms with E-state index in [1.165, 1.54) is 0 Å². The van der Waals surface area contributed by atoms with Gasteiger partial charge in [-0.05, 0) is 6.42 Å². The van der Waals surface area contributed by atoms with E-state index >= 15 is 0 Å². The lowest BCUT2D eigenvalue weighted by Gasteiger charge is -2.37. The van der Waals surface area contributed by atoms with Gasteiger partial charge < -0.3 is 20.4 Å². The first kappa shape index (κ1) is 8.40. The Morgan fingerprint density at radius 1 is 1.17 bits per heavy atom. The van der Waals surface area contributed by atoms with Crippen LogP contribution in [0.3, 0.4) is 0 Å². The summed E-state index contributed by atoms with van der Waals surface area (Å²) in [6.07, 6.45) is -2.47. The van der Waals surface area contributed by atoms with Crippen molar-refractivity contribution in [2.45, 2.75) is 42.9 Å². The predicted molar refractivity (Wildman–Crippen MR) is 39.1 cm³/mol. The molecule has 2 bridgehead atoms. The molecule has 0 aromatic carbocycles. The van der Waals surface area contributed by atoms with E-state index in [1.54, 1.807) is 0 Å². The Morgan fingerprint density at radius 2 is 1.83 bits per heavy atom. The Hall–Kier alpha value is -0.200. The summed E-state index contributed by atoms with van der Waals surface area (Å²) in [7, 11) is 0. The zero-order valence-corrected chi connectivity index (χ0v) is 6.51. The van der Waals surface area contributed by atoms with Crippen LogP contribution >= 0.6 is 0 Å². The van der Waals surface area contributed by atoms with Gasteiger partial charge in [0, 0.05) is 12.5 Å². The fourth-order valence-electron chi connectivity index (χ4n) is 2.07. The number of rotatable bonds is 0. The van der Waals surface area contributed by atoms with Gasteiger partial charge in [-0.3, -0.25) is 5.32 Å². The molecule has 12 heavy (non-hydrogen) atoms. The first-order valence-electron chi connectivity index (χ1n) is 4.07. The zero-order chi connectivity index (χ0) is 8.93. The van der Waals surface area contributed by atoms with Crippen LogP contribution in [-0.2, 0) is 0 Å². The van der Waals surface area contributed by atoms with Gasteiger partial charge in [0.15, 0.2) is 0 Å². The fraction of sp³-hybridized carbons (Fsp3) is 1.00. The monoisotopic (exact) mass is 175 g/mol. The average molecular weight is 175 g/mol. The third-order valence-electron chi connectivity index (χ3n) is 2.77. The average Bonchev–Trinajstić information content (AvgIpc) is 2.22. The minimum atomic E-state index is -1.50. The van der Waals surface area contributed by atoms with Gasteiger partial charge >= 0.3 is 0 Å². The molecule has 5 nitrogen and oxygen atoms in total. The number of aliphatic hydroxyl groups excluding tert-OH is 3. The summed E-state index contributed by atoms with van der Waals surface area (Å²) in [4.78, 5) is 0. The number of hydrogen-bond acceptors (Lipinski definition) is 5. The number of piperidine rings is 1. The van der Waals surface area contributed by atoms with Crippen molar-refractivity contribution >= 4 is 0 Å². The van der Waals surface area contributed by atoms with Crippen molar-refractivity contribution in [3.8, 4) is 0 Å². The number of fused-ring (bicyclic) bond motifs is 2. The van der Waals surface area contributed by atoms with E-state index in [4.69, 9.17) is 0 Å². The lowest BCUT2D eigenvalue weighted by atomic mass is 9.96. The van der Waals surface area contributed by atoms with E-state index in [9.17, 15) is 20.4 Å². The second kappa shape index (κ2) is 2.40. The van der Waals surface area contributed by atoms with Gasteiger partial charge in [-0.15, -0.1) is 0 Å². The Balaban J connectivity index is 2.24. The molecule has 0 amide bonds. The molecule has 0 spiro atoms. The predicted octanol–water partition coefficient (Wildman–Crippen LogP) is -2.48. The second-order valence-electron chi connectivity index (χ2n) is 3.69. The van der Waals surface area contributed by atoms with Crippen LogP contribution in [0.5, 0.6) is 0 Å². The van der Waals surface area contributed by atoms with Gasteiger partial charge in [0.1, 0.15) is 11.8 Å². The van der Waals surface area contributed by atoms with E-state index in [2.05, 4.69) is 5.32 Å². The van der Waals surface area contributed by atoms with Crippen molar-refractivity contribution in [2.24, 2.45) is 0 Å². The normalized spacial score (nSPS) is 59.0. The summed E-state index contributed by atoms with van der Waals surface area (Å²) in [6.45, 7) is 0. The van der Waals surface area contributed by atoms with Crippen molar-refractivity contribution in [2.75, 3.05) is 0 Å². The number of hydrogen-bond donors (Lipinski definition) is 5. The van der Waals surface area contributed by atoms with Crippen LogP contribution in [0.4, 0.5) is 0 Å². The SMILES string of the molecule is O[C@@H]1[C@@H](O)C[C@H]2N[C@@]1(O)C[C@@H]2O. The van der Waals surface area contributed by atoms with Crippen LogP contribution in [0.25, 0.3) is 0 Å². The highest BCUT2D eigenvalue weighted by Crippen LogP contribution is 2.34. The molecule has 5 N–H and O–H groups in total. The lowest BCUT2D eigenvalue weighted by Crippen LogP contribution is -2.61. The molecular weight excluding hydrogens is 162 g/mol. The quantitative estimate of drug-likeness (QED) is 0.281. The molecular formula is C7H13NO4. The summed E-state index contributed by atoms with van der Waals surface area (Å²) in [5.41, 5.74) is -1.50. The van der Waals surface area contributed by atoms with Crippen LogP contribution in [0.2, 0.25) is 0 Å². The summed E-state index contributed by atoms with van der Waals surface area (Å²) in [5.74, 6) is 0.